The van der Waals surface area contributed by atoms with Crippen molar-refractivity contribution >= 4 is 17.1 Å². The summed E-state index contributed by atoms with van der Waals surface area (Å²) in [6.45, 7) is 0.401. The molecule has 0 saturated carbocycles. The Bertz CT molecular complexity index is 1100. The van der Waals surface area contributed by atoms with Crippen LogP contribution in [0.5, 0.6) is 0 Å². The lowest BCUT2D eigenvalue weighted by atomic mass is 9.98. The van der Waals surface area contributed by atoms with Crippen molar-refractivity contribution in [1.29, 1.82) is 0 Å². The van der Waals surface area contributed by atoms with Crippen LogP contribution >= 0.6 is 0 Å². The summed E-state index contributed by atoms with van der Waals surface area (Å²) in [6, 6.07) is 9.60. The second-order valence-electron chi connectivity index (χ2n) is 6.74. The third-order valence-electron chi connectivity index (χ3n) is 4.70. The summed E-state index contributed by atoms with van der Waals surface area (Å²) in [5, 5.41) is 38.9. The Morgan fingerprint density at radius 2 is 1.90 bits per heavy atom. The molecule has 4 rings (SSSR count). The van der Waals surface area contributed by atoms with Crippen molar-refractivity contribution in [1.82, 2.24) is 19.6 Å². The number of carbonyl (C=O) groups excluding carboxylic acids is 1. The Kier molecular flexibility index (Phi) is 5.57. The van der Waals surface area contributed by atoms with E-state index in [9.17, 15) is 25.2 Å². The normalized spacial score (nSPS) is 27.3. The van der Waals surface area contributed by atoms with Crippen LogP contribution in [0.1, 0.15) is 5.56 Å². The molecular formula is C18H20N6O6. The second kappa shape index (κ2) is 8.30. The molecule has 0 unspecified atom stereocenters. The van der Waals surface area contributed by atoms with E-state index in [1.807, 2.05) is 30.3 Å². The molecule has 5 atom stereocenters. The highest BCUT2D eigenvalue weighted by Gasteiger charge is 2.46. The van der Waals surface area contributed by atoms with E-state index < -0.39 is 36.6 Å². The topological polar surface area (TPSA) is 178 Å². The number of aliphatic hydroxyl groups excluding tert-OH is 4. The molecular weight excluding hydrogens is 396 g/mol. The maximum atomic E-state index is 12.5. The standard InChI is InChI=1S/C18H20N6O6/c25-11-12(26)14(30-18(29)13(11)27)17(28)23-24-8-22-15(10-16(24)21-7-20-10)19-6-9-4-2-1-3-5-9/h1-5,7-8,11-14,18,25-27,29H,6H2,(H,20,21)(H,23,28)/t11-,12-,13+,14-,18+/m0/s1. The predicted octanol–water partition coefficient (Wildman–Crippen LogP) is -2.27. The maximum Gasteiger partial charge on any atom is 0.270 e. The highest BCUT2D eigenvalue weighted by molar-refractivity contribution is 5.89. The van der Waals surface area contributed by atoms with Gasteiger partial charge in [0.25, 0.3) is 5.91 Å². The fraction of sp³-hybridized carbons (Fsp3) is 0.333. The quantitative estimate of drug-likeness (QED) is 0.276. The Labute approximate surface area is 169 Å². The number of aromatic nitrogens is 4. The average molecular weight is 416 g/mol. The van der Waals surface area contributed by atoms with Gasteiger partial charge in [-0.3, -0.25) is 15.2 Å². The fourth-order valence-corrected chi connectivity index (χ4v) is 3.08. The number of aliphatic hydroxyl groups is 4. The molecule has 3 aromatic rings. The number of carbonyl (C=O) groups is 1. The summed E-state index contributed by atoms with van der Waals surface area (Å²) in [5.41, 5.74) is 4.59. The van der Waals surface area contributed by atoms with E-state index >= 15 is 0 Å². The van der Waals surface area contributed by atoms with Gasteiger partial charge < -0.3 is 30.1 Å². The van der Waals surface area contributed by atoms with Gasteiger partial charge in [0, 0.05) is 0 Å². The van der Waals surface area contributed by atoms with Crippen LogP contribution in [0.3, 0.4) is 0 Å². The number of hydrogen-bond donors (Lipinski definition) is 6. The van der Waals surface area contributed by atoms with E-state index in [1.54, 1.807) is 0 Å². The molecule has 1 aliphatic heterocycles. The monoisotopic (exact) mass is 416 g/mol. The summed E-state index contributed by atoms with van der Waals surface area (Å²) in [5.74, 6) is -0.877. The first kappa shape index (κ1) is 20.1. The number of amides is 1. The summed E-state index contributed by atoms with van der Waals surface area (Å²) in [6.07, 6.45) is -5.99. The van der Waals surface area contributed by atoms with Crippen molar-refractivity contribution in [3.05, 3.63) is 54.0 Å². The van der Waals surface area contributed by atoms with Crippen LogP contribution in [0.25, 0.3) is 11.2 Å². The average Bonchev–Trinajstić information content (AvgIpc) is 3.25. The maximum absolute atomic E-state index is 12.5. The van der Waals surface area contributed by atoms with Gasteiger partial charge in [-0.15, -0.1) is 0 Å². The van der Waals surface area contributed by atoms with E-state index in [0.717, 1.165) is 5.56 Å². The van der Waals surface area contributed by atoms with Gasteiger partial charge in [-0.1, -0.05) is 30.3 Å². The third-order valence-corrected chi connectivity index (χ3v) is 4.70. The van der Waals surface area contributed by atoms with E-state index in [1.165, 1.54) is 17.3 Å². The molecule has 0 spiro atoms. The first-order valence-electron chi connectivity index (χ1n) is 9.09. The SMILES string of the molecule is O=C(Nn1cnc(=NCc2ccccc2)c2[nH]cnc21)[C@H]1O[C@@H](O)[C@H](O)[C@@H](O)[C@@H]1O. The number of imidazole rings is 1. The van der Waals surface area contributed by atoms with Gasteiger partial charge in [0.2, 0.25) is 0 Å². The Morgan fingerprint density at radius 3 is 2.67 bits per heavy atom. The van der Waals surface area contributed by atoms with Crippen LogP contribution < -0.4 is 10.9 Å². The minimum absolute atomic E-state index is 0.302. The number of fused-ring (bicyclic) bond motifs is 1. The van der Waals surface area contributed by atoms with Crippen LogP contribution in [0.15, 0.2) is 48.0 Å². The molecule has 12 heteroatoms. The number of rotatable bonds is 4. The minimum Gasteiger partial charge on any atom is -0.387 e. The number of H-pyrrole nitrogens is 1. The lowest BCUT2D eigenvalue weighted by molar-refractivity contribution is -0.274. The second-order valence-corrected chi connectivity index (χ2v) is 6.74. The third kappa shape index (κ3) is 3.81. The zero-order chi connectivity index (χ0) is 21.3. The van der Waals surface area contributed by atoms with Gasteiger partial charge in [-0.2, -0.15) is 0 Å². The summed E-state index contributed by atoms with van der Waals surface area (Å²) < 4.78 is 6.11. The number of aromatic amines is 1. The van der Waals surface area contributed by atoms with E-state index in [0.29, 0.717) is 23.2 Å². The Morgan fingerprint density at radius 1 is 1.13 bits per heavy atom. The van der Waals surface area contributed by atoms with Crippen molar-refractivity contribution < 1.29 is 30.0 Å². The van der Waals surface area contributed by atoms with Gasteiger partial charge in [-0.25, -0.2) is 14.6 Å². The summed E-state index contributed by atoms with van der Waals surface area (Å²) >= 11 is 0. The highest BCUT2D eigenvalue weighted by atomic mass is 16.6. The largest absolute Gasteiger partial charge is 0.387 e. The van der Waals surface area contributed by atoms with Crippen LogP contribution in [0.4, 0.5) is 0 Å². The minimum atomic E-state index is -1.83. The van der Waals surface area contributed by atoms with Gasteiger partial charge in [0.05, 0.1) is 12.9 Å². The van der Waals surface area contributed by atoms with Crippen molar-refractivity contribution in [2.75, 3.05) is 5.43 Å². The molecule has 0 bridgehead atoms. The van der Waals surface area contributed by atoms with Crippen molar-refractivity contribution in [3.8, 4) is 0 Å². The molecule has 1 saturated heterocycles. The smallest absolute Gasteiger partial charge is 0.270 e. The zero-order valence-electron chi connectivity index (χ0n) is 15.5. The van der Waals surface area contributed by atoms with E-state index in [-0.39, 0.29) is 0 Å². The molecule has 0 radical (unpaired) electrons. The van der Waals surface area contributed by atoms with Crippen molar-refractivity contribution in [3.63, 3.8) is 0 Å². The first-order chi connectivity index (χ1) is 14.5. The summed E-state index contributed by atoms with van der Waals surface area (Å²) in [7, 11) is 0. The van der Waals surface area contributed by atoms with Crippen LogP contribution in [0.2, 0.25) is 0 Å². The molecule has 0 aliphatic carbocycles. The number of ether oxygens (including phenoxy) is 1. The molecule has 12 nitrogen and oxygen atoms in total. The van der Waals surface area contributed by atoms with Crippen LogP contribution in [-0.4, -0.2) is 76.7 Å². The Hall–Kier alpha value is -3.16. The molecule has 6 N–H and O–H groups in total. The van der Waals surface area contributed by atoms with E-state index in [2.05, 4.69) is 25.4 Å². The van der Waals surface area contributed by atoms with Gasteiger partial charge in [0.1, 0.15) is 30.2 Å². The summed E-state index contributed by atoms with van der Waals surface area (Å²) in [4.78, 5) is 28.3. The lowest BCUT2D eigenvalue weighted by Crippen LogP contribution is -2.61. The van der Waals surface area contributed by atoms with Crippen LogP contribution in [-0.2, 0) is 16.1 Å². The number of benzene rings is 1. The molecule has 1 aliphatic rings. The number of nitrogens with one attached hydrogen (secondary N) is 2. The molecule has 30 heavy (non-hydrogen) atoms. The van der Waals surface area contributed by atoms with E-state index in [4.69, 9.17) is 4.74 Å². The van der Waals surface area contributed by atoms with Crippen molar-refractivity contribution in [2.24, 2.45) is 4.99 Å². The lowest BCUT2D eigenvalue weighted by Gasteiger charge is -2.37. The number of hydrogen-bond acceptors (Lipinski definition) is 9. The van der Waals surface area contributed by atoms with Crippen molar-refractivity contribution in [2.45, 2.75) is 37.3 Å². The Balaban J connectivity index is 1.57. The fourth-order valence-electron chi connectivity index (χ4n) is 3.08. The molecule has 1 amide bonds. The molecule has 2 aromatic heterocycles. The molecule has 1 fully saturated rings. The zero-order valence-corrected chi connectivity index (χ0v) is 15.5. The first-order valence-corrected chi connectivity index (χ1v) is 9.09. The van der Waals surface area contributed by atoms with Gasteiger partial charge in [-0.05, 0) is 5.56 Å². The molecule has 158 valence electrons. The van der Waals surface area contributed by atoms with Crippen LogP contribution in [0, 0.1) is 0 Å². The van der Waals surface area contributed by atoms with Gasteiger partial charge in [0.15, 0.2) is 23.5 Å². The predicted molar refractivity (Wildman–Crippen MR) is 101 cm³/mol. The molecule has 3 heterocycles. The number of nitrogens with zero attached hydrogens (tertiary/aromatic N) is 4. The highest BCUT2D eigenvalue weighted by Crippen LogP contribution is 2.20. The van der Waals surface area contributed by atoms with Gasteiger partial charge >= 0.3 is 0 Å². The molecule has 1 aromatic carbocycles.